The summed E-state index contributed by atoms with van der Waals surface area (Å²) >= 11 is 0. The maximum atomic E-state index is 12.3. The molecule has 0 aromatic carbocycles. The summed E-state index contributed by atoms with van der Waals surface area (Å²) in [4.78, 5) is 12.2. The minimum Gasteiger partial charge on any atom is -0.346 e. The van der Waals surface area contributed by atoms with Crippen LogP contribution in [0.1, 0.15) is 51.0 Å². The molecule has 0 saturated heterocycles. The van der Waals surface area contributed by atoms with E-state index in [4.69, 9.17) is 10.7 Å². The van der Waals surface area contributed by atoms with E-state index in [1.807, 2.05) is 27.7 Å². The van der Waals surface area contributed by atoms with Gasteiger partial charge in [-0.05, 0) is 32.8 Å². The van der Waals surface area contributed by atoms with Crippen LogP contribution in [-0.4, -0.2) is 24.4 Å². The van der Waals surface area contributed by atoms with Crippen molar-refractivity contribution in [3.63, 3.8) is 0 Å². The van der Waals surface area contributed by atoms with Crippen LogP contribution in [0.25, 0.3) is 0 Å². The van der Waals surface area contributed by atoms with Crippen molar-refractivity contribution in [2.24, 2.45) is 0 Å². The van der Waals surface area contributed by atoms with Crippen LogP contribution in [0.4, 0.5) is 0 Å². The van der Waals surface area contributed by atoms with Crippen LogP contribution in [-0.2, 0) is 15.6 Å². The molecule has 1 amide bonds. The van der Waals surface area contributed by atoms with Crippen molar-refractivity contribution in [3.8, 4) is 0 Å². The predicted molar refractivity (Wildman–Crippen MR) is 79.6 cm³/mol. The molecular weight excluding hydrogens is 300 g/mol. The van der Waals surface area contributed by atoms with Crippen molar-refractivity contribution in [2.45, 2.75) is 57.5 Å². The van der Waals surface area contributed by atoms with Crippen LogP contribution in [0, 0.1) is 0 Å². The molecule has 5 nitrogen and oxygen atoms in total. The van der Waals surface area contributed by atoms with Crippen LogP contribution in [0.5, 0.6) is 0 Å². The Labute approximate surface area is 124 Å². The summed E-state index contributed by atoms with van der Waals surface area (Å²) in [5.41, 5.74) is -0.0362. The Kier molecular flexibility index (Phi) is 5.27. The van der Waals surface area contributed by atoms with Gasteiger partial charge in [0, 0.05) is 29.0 Å². The van der Waals surface area contributed by atoms with E-state index in [0.717, 1.165) is 12.8 Å². The van der Waals surface area contributed by atoms with Gasteiger partial charge in [-0.15, -0.1) is 0 Å². The van der Waals surface area contributed by atoms with Crippen LogP contribution in [0.2, 0.25) is 0 Å². The number of hydrogen-bond donors (Lipinski definition) is 1. The first-order valence-corrected chi connectivity index (χ1v) is 8.89. The van der Waals surface area contributed by atoms with E-state index in [9.17, 15) is 13.2 Å². The van der Waals surface area contributed by atoms with Crippen molar-refractivity contribution in [1.82, 2.24) is 9.88 Å². The van der Waals surface area contributed by atoms with Gasteiger partial charge in [0.05, 0.1) is 0 Å². The molecule has 0 radical (unpaired) electrons. The Morgan fingerprint density at radius 3 is 2.45 bits per heavy atom. The number of rotatable bonds is 6. The number of carbonyl (C=O) groups excluding carboxylic acids is 1. The molecular formula is C13H21ClN2O3S. The fourth-order valence-corrected chi connectivity index (χ4v) is 2.45. The number of aryl methyl sites for hydroxylation is 1. The molecule has 20 heavy (non-hydrogen) atoms. The summed E-state index contributed by atoms with van der Waals surface area (Å²) in [5.74, 6) is -0.295. The van der Waals surface area contributed by atoms with Crippen LogP contribution < -0.4 is 5.32 Å². The molecule has 0 saturated carbocycles. The zero-order chi connectivity index (χ0) is 15.6. The predicted octanol–water partition coefficient (Wildman–Crippen LogP) is 2.74. The molecule has 0 atom stereocenters. The lowest BCUT2D eigenvalue weighted by Crippen LogP contribution is -2.43. The quantitative estimate of drug-likeness (QED) is 0.819. The number of hydrogen-bond acceptors (Lipinski definition) is 3. The summed E-state index contributed by atoms with van der Waals surface area (Å²) in [6, 6.07) is 1.32. The van der Waals surface area contributed by atoms with Gasteiger partial charge in [0.1, 0.15) is 10.6 Å². The second-order valence-corrected chi connectivity index (χ2v) is 7.95. The van der Waals surface area contributed by atoms with E-state index in [1.165, 1.54) is 12.3 Å². The Balaban J connectivity index is 3.16. The van der Waals surface area contributed by atoms with Gasteiger partial charge in [-0.25, -0.2) is 8.42 Å². The average Bonchev–Trinajstić information content (AvgIpc) is 2.73. The lowest BCUT2D eigenvalue weighted by Gasteiger charge is -2.24. The lowest BCUT2D eigenvalue weighted by atomic mass is 10.0. The van der Waals surface area contributed by atoms with E-state index in [1.54, 1.807) is 4.57 Å². The van der Waals surface area contributed by atoms with Crippen molar-refractivity contribution >= 4 is 25.6 Å². The molecule has 1 heterocycles. The van der Waals surface area contributed by atoms with E-state index < -0.39 is 9.05 Å². The third kappa shape index (κ3) is 4.24. The van der Waals surface area contributed by atoms with E-state index in [-0.39, 0.29) is 16.3 Å². The zero-order valence-electron chi connectivity index (χ0n) is 12.2. The molecule has 114 valence electrons. The maximum absolute atomic E-state index is 12.3. The Morgan fingerprint density at radius 2 is 2.00 bits per heavy atom. The maximum Gasteiger partial charge on any atom is 0.268 e. The zero-order valence-corrected chi connectivity index (χ0v) is 13.8. The second-order valence-electron chi connectivity index (χ2n) is 5.38. The summed E-state index contributed by atoms with van der Waals surface area (Å²) in [6.45, 7) is 8.31. The first-order chi connectivity index (χ1) is 9.10. The molecule has 0 bridgehead atoms. The average molecular weight is 321 g/mol. The third-order valence-corrected chi connectivity index (χ3v) is 4.51. The number of nitrogens with zero attached hydrogens (tertiary/aromatic N) is 1. The monoisotopic (exact) mass is 320 g/mol. The highest BCUT2D eigenvalue weighted by atomic mass is 35.7. The normalized spacial score (nSPS) is 12.4. The van der Waals surface area contributed by atoms with Crippen LogP contribution in [0.15, 0.2) is 17.2 Å². The van der Waals surface area contributed by atoms with Crippen LogP contribution >= 0.6 is 10.7 Å². The molecule has 0 fully saturated rings. The smallest absolute Gasteiger partial charge is 0.268 e. The highest BCUT2D eigenvalue weighted by molar-refractivity contribution is 8.13. The van der Waals surface area contributed by atoms with Crippen molar-refractivity contribution in [2.75, 3.05) is 0 Å². The molecule has 1 N–H and O–H groups in total. The Morgan fingerprint density at radius 1 is 1.40 bits per heavy atom. The summed E-state index contributed by atoms with van der Waals surface area (Å²) in [6.07, 6.45) is 2.96. The van der Waals surface area contributed by atoms with Gasteiger partial charge in [0.2, 0.25) is 0 Å². The number of nitrogens with one attached hydrogen (secondary N) is 1. The molecule has 1 rings (SSSR count). The largest absolute Gasteiger partial charge is 0.346 e. The molecule has 0 aliphatic heterocycles. The number of aromatic nitrogens is 1. The van der Waals surface area contributed by atoms with Gasteiger partial charge in [-0.2, -0.15) is 0 Å². The standard InChI is InChI=1S/C13H21ClN2O3S/c1-5-7-16-9-10(20(14,18)19)8-11(16)12(17)15-13(3,4)6-2/h8-9H,5-7H2,1-4H3,(H,15,17). The first-order valence-electron chi connectivity index (χ1n) is 6.58. The number of amides is 1. The van der Waals surface area contributed by atoms with Gasteiger partial charge in [-0.3, -0.25) is 4.79 Å². The molecule has 1 aromatic rings. The molecule has 0 spiro atoms. The minimum atomic E-state index is -3.83. The molecule has 0 unspecified atom stereocenters. The van der Waals surface area contributed by atoms with Gasteiger partial charge < -0.3 is 9.88 Å². The summed E-state index contributed by atoms with van der Waals surface area (Å²) in [7, 11) is 1.50. The van der Waals surface area contributed by atoms with E-state index in [2.05, 4.69) is 5.32 Å². The molecule has 0 aliphatic carbocycles. The van der Waals surface area contributed by atoms with Gasteiger partial charge >= 0.3 is 0 Å². The fourth-order valence-electron chi connectivity index (χ4n) is 1.69. The fraction of sp³-hybridized carbons (Fsp3) is 0.615. The van der Waals surface area contributed by atoms with Gasteiger partial charge in [-0.1, -0.05) is 13.8 Å². The van der Waals surface area contributed by atoms with Crippen molar-refractivity contribution < 1.29 is 13.2 Å². The summed E-state index contributed by atoms with van der Waals surface area (Å²) in [5, 5.41) is 2.89. The topological polar surface area (TPSA) is 68.2 Å². The lowest BCUT2D eigenvalue weighted by molar-refractivity contribution is 0.0901. The first kappa shape index (κ1) is 17.0. The molecule has 7 heteroatoms. The third-order valence-electron chi connectivity index (χ3n) is 3.19. The van der Waals surface area contributed by atoms with E-state index in [0.29, 0.717) is 12.2 Å². The van der Waals surface area contributed by atoms with Gasteiger partial charge in [0.25, 0.3) is 15.0 Å². The highest BCUT2D eigenvalue weighted by Gasteiger charge is 2.24. The van der Waals surface area contributed by atoms with Gasteiger partial charge in [0.15, 0.2) is 0 Å². The SMILES string of the molecule is CCCn1cc(S(=O)(=O)Cl)cc1C(=O)NC(C)(C)CC. The van der Waals surface area contributed by atoms with Crippen LogP contribution in [0.3, 0.4) is 0 Å². The molecule has 0 aliphatic rings. The Hall–Kier alpha value is -1.01. The Bertz CT molecular complexity index is 591. The number of halogens is 1. The minimum absolute atomic E-state index is 0.0490. The second kappa shape index (κ2) is 6.18. The molecule has 1 aromatic heterocycles. The summed E-state index contributed by atoms with van der Waals surface area (Å²) < 4.78 is 24.4. The number of carbonyl (C=O) groups is 1. The van der Waals surface area contributed by atoms with Crippen molar-refractivity contribution in [3.05, 3.63) is 18.0 Å². The highest BCUT2D eigenvalue weighted by Crippen LogP contribution is 2.20. The van der Waals surface area contributed by atoms with E-state index >= 15 is 0 Å². The van der Waals surface area contributed by atoms with Crippen molar-refractivity contribution in [1.29, 1.82) is 0 Å².